The van der Waals surface area contributed by atoms with E-state index in [-0.39, 0.29) is 0 Å². The second-order valence-electron chi connectivity index (χ2n) is 3.77. The molecule has 0 aliphatic heterocycles. The summed E-state index contributed by atoms with van der Waals surface area (Å²) in [7, 11) is 0. The first-order valence-corrected chi connectivity index (χ1v) is 6.42. The fraction of sp³-hybridized carbons (Fsp3) is 0.700. The molecule has 2 rings (SSSR count). The monoisotopic (exact) mass is 211 g/mol. The van der Waals surface area contributed by atoms with Gasteiger partial charge < -0.3 is 10.3 Å². The molecule has 3 nitrogen and oxygen atoms in total. The van der Waals surface area contributed by atoms with Crippen molar-refractivity contribution in [2.45, 2.75) is 37.1 Å². The normalized spacial score (nSPS) is 26.9. The quantitative estimate of drug-likeness (QED) is 0.797. The minimum absolute atomic E-state index is 0.688. The Morgan fingerprint density at radius 1 is 1.64 bits per heavy atom. The van der Waals surface area contributed by atoms with Crippen molar-refractivity contribution in [2.75, 3.05) is 6.26 Å². The Morgan fingerprint density at radius 2 is 2.57 bits per heavy atom. The smallest absolute Gasteiger partial charge is 0.0922 e. The predicted octanol–water partition coefficient (Wildman–Crippen LogP) is 1.78. The van der Waals surface area contributed by atoms with Crippen LogP contribution in [0.25, 0.3) is 0 Å². The summed E-state index contributed by atoms with van der Waals surface area (Å²) in [6.07, 6.45) is 9.88. The highest BCUT2D eigenvalue weighted by molar-refractivity contribution is 7.99. The zero-order valence-electron chi connectivity index (χ0n) is 8.49. The Labute approximate surface area is 89.1 Å². The fourth-order valence-corrected chi connectivity index (χ4v) is 3.03. The molecule has 1 aromatic rings. The average molecular weight is 211 g/mol. The molecular weight excluding hydrogens is 194 g/mol. The van der Waals surface area contributed by atoms with E-state index < -0.39 is 0 Å². The number of imidazole rings is 1. The van der Waals surface area contributed by atoms with E-state index in [0.29, 0.717) is 6.04 Å². The molecule has 2 N–H and O–H groups in total. The molecule has 0 amide bonds. The Hall–Kier alpha value is -0.480. The molecule has 2 atom stereocenters. The van der Waals surface area contributed by atoms with E-state index >= 15 is 0 Å². The van der Waals surface area contributed by atoms with Gasteiger partial charge in [0.25, 0.3) is 0 Å². The molecule has 1 aromatic heterocycles. The molecular formula is C10H17N3S. The van der Waals surface area contributed by atoms with Crippen molar-refractivity contribution >= 4 is 11.8 Å². The molecule has 0 aromatic carbocycles. The Balaban J connectivity index is 1.80. The number of nitrogens with zero attached hydrogens (tertiary/aromatic N) is 1. The van der Waals surface area contributed by atoms with E-state index in [0.717, 1.165) is 11.8 Å². The zero-order valence-corrected chi connectivity index (χ0v) is 9.31. The number of rotatable bonds is 4. The van der Waals surface area contributed by atoms with Crippen molar-refractivity contribution in [1.82, 2.24) is 15.3 Å². The highest BCUT2D eigenvalue weighted by Gasteiger charge is 2.25. The standard InChI is InChI=1S/C10H17N3S/c1-14-10-4-2-3-9(10)12-6-8-5-11-7-13-8/h5,7,9-10,12H,2-4,6H2,1H3,(H,11,13). The molecule has 1 aliphatic rings. The molecule has 0 spiro atoms. The van der Waals surface area contributed by atoms with E-state index in [1.54, 1.807) is 6.33 Å². The highest BCUT2D eigenvalue weighted by Crippen LogP contribution is 2.28. The summed E-state index contributed by atoms with van der Waals surface area (Å²) in [5, 5.41) is 4.40. The summed E-state index contributed by atoms with van der Waals surface area (Å²) in [4.78, 5) is 7.12. The van der Waals surface area contributed by atoms with Gasteiger partial charge in [0.15, 0.2) is 0 Å². The van der Waals surface area contributed by atoms with Crippen LogP contribution in [-0.4, -0.2) is 27.5 Å². The van der Waals surface area contributed by atoms with Crippen LogP contribution in [0.15, 0.2) is 12.5 Å². The van der Waals surface area contributed by atoms with E-state index in [1.807, 2.05) is 18.0 Å². The van der Waals surface area contributed by atoms with Crippen molar-refractivity contribution in [3.63, 3.8) is 0 Å². The average Bonchev–Trinajstić information content (AvgIpc) is 2.85. The largest absolute Gasteiger partial charge is 0.347 e. The molecule has 2 unspecified atom stereocenters. The van der Waals surface area contributed by atoms with Crippen LogP contribution in [0.1, 0.15) is 25.0 Å². The van der Waals surface area contributed by atoms with Crippen LogP contribution in [0.2, 0.25) is 0 Å². The molecule has 1 heterocycles. The van der Waals surface area contributed by atoms with Gasteiger partial charge in [0.1, 0.15) is 0 Å². The molecule has 1 fully saturated rings. The number of hydrogen-bond acceptors (Lipinski definition) is 3. The third kappa shape index (κ3) is 2.30. The van der Waals surface area contributed by atoms with Gasteiger partial charge in [-0.3, -0.25) is 0 Å². The van der Waals surface area contributed by atoms with Gasteiger partial charge in [-0.1, -0.05) is 6.42 Å². The van der Waals surface area contributed by atoms with E-state index in [9.17, 15) is 0 Å². The molecule has 0 radical (unpaired) electrons. The summed E-state index contributed by atoms with van der Waals surface area (Å²) in [6, 6.07) is 0.688. The Morgan fingerprint density at radius 3 is 3.29 bits per heavy atom. The predicted molar refractivity (Wildman–Crippen MR) is 60.4 cm³/mol. The number of H-pyrrole nitrogens is 1. The van der Waals surface area contributed by atoms with Crippen molar-refractivity contribution in [1.29, 1.82) is 0 Å². The van der Waals surface area contributed by atoms with Gasteiger partial charge in [-0.05, 0) is 19.1 Å². The minimum Gasteiger partial charge on any atom is -0.347 e. The Kier molecular flexibility index (Phi) is 3.48. The van der Waals surface area contributed by atoms with Crippen molar-refractivity contribution < 1.29 is 0 Å². The first-order chi connectivity index (χ1) is 6.90. The number of thioether (sulfide) groups is 1. The third-order valence-corrected chi connectivity index (χ3v) is 4.03. The number of aromatic nitrogens is 2. The van der Waals surface area contributed by atoms with E-state index in [4.69, 9.17) is 0 Å². The maximum atomic E-state index is 4.01. The van der Waals surface area contributed by atoms with Gasteiger partial charge in [-0.25, -0.2) is 4.98 Å². The second kappa shape index (κ2) is 4.84. The van der Waals surface area contributed by atoms with Crippen LogP contribution in [0.5, 0.6) is 0 Å². The van der Waals surface area contributed by atoms with Crippen LogP contribution in [0, 0.1) is 0 Å². The molecule has 1 aliphatic carbocycles. The highest BCUT2D eigenvalue weighted by atomic mass is 32.2. The first-order valence-electron chi connectivity index (χ1n) is 5.13. The molecule has 1 saturated carbocycles. The van der Waals surface area contributed by atoms with Gasteiger partial charge in [-0.2, -0.15) is 11.8 Å². The second-order valence-corrected chi connectivity index (χ2v) is 4.85. The van der Waals surface area contributed by atoms with Crippen molar-refractivity contribution in [3.05, 3.63) is 18.2 Å². The summed E-state index contributed by atoms with van der Waals surface area (Å²) in [5.41, 5.74) is 1.18. The Bertz CT molecular complexity index is 260. The number of nitrogens with one attached hydrogen (secondary N) is 2. The SMILES string of the molecule is CSC1CCCC1NCc1cnc[nH]1. The van der Waals surface area contributed by atoms with Gasteiger partial charge in [0.2, 0.25) is 0 Å². The van der Waals surface area contributed by atoms with Gasteiger partial charge in [0.05, 0.1) is 6.33 Å². The minimum atomic E-state index is 0.688. The molecule has 14 heavy (non-hydrogen) atoms. The summed E-state index contributed by atoms with van der Waals surface area (Å²) >= 11 is 1.99. The number of aromatic amines is 1. The number of hydrogen-bond donors (Lipinski definition) is 2. The molecule has 78 valence electrons. The van der Waals surface area contributed by atoms with Crippen LogP contribution < -0.4 is 5.32 Å². The topological polar surface area (TPSA) is 40.7 Å². The van der Waals surface area contributed by atoms with Crippen LogP contribution in [0.3, 0.4) is 0 Å². The van der Waals surface area contributed by atoms with Gasteiger partial charge in [0, 0.05) is 29.7 Å². The van der Waals surface area contributed by atoms with Crippen LogP contribution in [-0.2, 0) is 6.54 Å². The lowest BCUT2D eigenvalue weighted by Crippen LogP contribution is -2.33. The van der Waals surface area contributed by atoms with Gasteiger partial charge >= 0.3 is 0 Å². The van der Waals surface area contributed by atoms with Crippen molar-refractivity contribution in [2.24, 2.45) is 0 Å². The van der Waals surface area contributed by atoms with Gasteiger partial charge in [-0.15, -0.1) is 0 Å². The summed E-state index contributed by atoms with van der Waals surface area (Å²) < 4.78 is 0. The fourth-order valence-electron chi connectivity index (χ4n) is 2.06. The van der Waals surface area contributed by atoms with Crippen LogP contribution >= 0.6 is 11.8 Å². The molecule has 4 heteroatoms. The van der Waals surface area contributed by atoms with Crippen molar-refractivity contribution in [3.8, 4) is 0 Å². The summed E-state index contributed by atoms with van der Waals surface area (Å²) in [5.74, 6) is 0. The maximum absolute atomic E-state index is 4.01. The van der Waals surface area contributed by atoms with E-state index in [1.165, 1.54) is 25.0 Å². The lowest BCUT2D eigenvalue weighted by molar-refractivity contribution is 0.528. The summed E-state index contributed by atoms with van der Waals surface area (Å²) in [6.45, 7) is 0.918. The lowest BCUT2D eigenvalue weighted by atomic mass is 10.2. The molecule has 0 saturated heterocycles. The first kappa shape index (κ1) is 10.1. The van der Waals surface area contributed by atoms with Crippen LogP contribution in [0.4, 0.5) is 0 Å². The third-order valence-electron chi connectivity index (χ3n) is 2.86. The molecule has 0 bridgehead atoms. The lowest BCUT2D eigenvalue weighted by Gasteiger charge is -2.18. The van der Waals surface area contributed by atoms with E-state index in [2.05, 4.69) is 21.5 Å². The maximum Gasteiger partial charge on any atom is 0.0922 e. The zero-order chi connectivity index (χ0) is 9.80.